The molecule has 0 aliphatic heterocycles. The Morgan fingerprint density at radius 3 is 2.76 bits per heavy atom. The van der Waals surface area contributed by atoms with Crippen LogP contribution in [0.25, 0.3) is 0 Å². The van der Waals surface area contributed by atoms with Gasteiger partial charge in [0, 0.05) is 23.0 Å². The number of hydrogen-bond donors (Lipinski definition) is 3. The predicted octanol–water partition coefficient (Wildman–Crippen LogP) is 4.04. The van der Waals surface area contributed by atoms with Crippen molar-refractivity contribution in [2.75, 3.05) is 11.9 Å². The summed E-state index contributed by atoms with van der Waals surface area (Å²) in [5, 5.41) is 11.0. The lowest BCUT2D eigenvalue weighted by Crippen LogP contribution is -2.24. The highest BCUT2D eigenvalue weighted by molar-refractivity contribution is 6.42. The van der Waals surface area contributed by atoms with E-state index in [4.69, 9.17) is 40.8 Å². The van der Waals surface area contributed by atoms with Crippen molar-refractivity contribution < 1.29 is 4.79 Å². The lowest BCUT2D eigenvalue weighted by atomic mass is 9.94. The van der Waals surface area contributed by atoms with E-state index >= 15 is 0 Å². The maximum atomic E-state index is 12.8. The van der Waals surface area contributed by atoms with Crippen LogP contribution >= 0.6 is 23.2 Å². The molecule has 25 heavy (non-hydrogen) atoms. The highest BCUT2D eigenvalue weighted by Crippen LogP contribution is 2.33. The summed E-state index contributed by atoms with van der Waals surface area (Å²) in [5.74, 6) is 1.71. The SMILES string of the molecule is C#Cc1ccc(NC(=O)C(CCN)c2cccc(Cl)c2Cl)cc1C=N. The van der Waals surface area contributed by atoms with Gasteiger partial charge in [-0.25, -0.2) is 0 Å². The molecule has 6 heteroatoms. The smallest absolute Gasteiger partial charge is 0.232 e. The minimum absolute atomic E-state index is 0.251. The van der Waals surface area contributed by atoms with E-state index in [1.807, 2.05) is 0 Å². The number of benzene rings is 2. The van der Waals surface area contributed by atoms with E-state index in [1.165, 1.54) is 0 Å². The van der Waals surface area contributed by atoms with Gasteiger partial charge in [0.05, 0.1) is 16.0 Å². The summed E-state index contributed by atoms with van der Waals surface area (Å²) in [6.07, 6.45) is 6.96. The molecule has 4 nitrogen and oxygen atoms in total. The summed E-state index contributed by atoms with van der Waals surface area (Å²) in [6.45, 7) is 0.322. The first-order valence-electron chi connectivity index (χ1n) is 7.57. The van der Waals surface area contributed by atoms with E-state index < -0.39 is 5.92 Å². The molecule has 1 atom stereocenters. The van der Waals surface area contributed by atoms with Crippen molar-refractivity contribution in [2.24, 2.45) is 5.73 Å². The van der Waals surface area contributed by atoms with Crippen molar-refractivity contribution in [2.45, 2.75) is 12.3 Å². The second-order valence-electron chi connectivity index (χ2n) is 5.35. The standard InChI is InChI=1S/C19H17Cl2N3O/c1-2-12-6-7-14(10-13(12)11-23)24-19(25)16(8-9-22)15-4-3-5-17(20)18(15)21/h1,3-7,10-11,16,23H,8-9,22H2,(H,24,25). The fraction of sp³-hybridized carbons (Fsp3) is 0.158. The maximum absolute atomic E-state index is 12.8. The Morgan fingerprint density at radius 2 is 2.12 bits per heavy atom. The molecule has 2 aromatic carbocycles. The van der Waals surface area contributed by atoms with Gasteiger partial charge in [-0.1, -0.05) is 41.3 Å². The van der Waals surface area contributed by atoms with Gasteiger partial charge in [0.1, 0.15) is 0 Å². The summed E-state index contributed by atoms with van der Waals surface area (Å²) >= 11 is 12.3. The van der Waals surface area contributed by atoms with Crippen LogP contribution in [0.5, 0.6) is 0 Å². The number of amides is 1. The van der Waals surface area contributed by atoms with Crippen molar-refractivity contribution >= 4 is 41.0 Å². The molecule has 0 bridgehead atoms. The molecule has 0 aliphatic carbocycles. The van der Waals surface area contributed by atoms with E-state index in [0.717, 1.165) is 6.21 Å². The Bertz CT molecular complexity index is 843. The molecule has 1 unspecified atom stereocenters. The highest BCUT2D eigenvalue weighted by atomic mass is 35.5. The van der Waals surface area contributed by atoms with Gasteiger partial charge < -0.3 is 16.5 Å². The predicted molar refractivity (Wildman–Crippen MR) is 104 cm³/mol. The van der Waals surface area contributed by atoms with Gasteiger partial charge in [-0.3, -0.25) is 4.79 Å². The fourth-order valence-corrected chi connectivity index (χ4v) is 2.94. The second kappa shape index (κ2) is 8.68. The summed E-state index contributed by atoms with van der Waals surface area (Å²) in [4.78, 5) is 12.8. The van der Waals surface area contributed by atoms with E-state index in [9.17, 15) is 4.79 Å². The Labute approximate surface area is 156 Å². The normalized spacial score (nSPS) is 11.4. The van der Waals surface area contributed by atoms with Gasteiger partial charge in [-0.05, 0) is 42.8 Å². The first-order chi connectivity index (χ1) is 12.0. The minimum atomic E-state index is -0.535. The lowest BCUT2D eigenvalue weighted by molar-refractivity contribution is -0.117. The molecule has 0 spiro atoms. The molecule has 1 amide bonds. The largest absolute Gasteiger partial charge is 0.330 e. The summed E-state index contributed by atoms with van der Waals surface area (Å²) < 4.78 is 0. The van der Waals surface area contributed by atoms with Crippen molar-refractivity contribution in [1.29, 1.82) is 5.41 Å². The number of nitrogens with two attached hydrogens (primary N) is 1. The minimum Gasteiger partial charge on any atom is -0.330 e. The van der Waals surface area contributed by atoms with E-state index in [1.54, 1.807) is 36.4 Å². The van der Waals surface area contributed by atoms with Gasteiger partial charge in [0.2, 0.25) is 5.91 Å². The topological polar surface area (TPSA) is 79.0 Å². The van der Waals surface area contributed by atoms with Gasteiger partial charge in [-0.15, -0.1) is 6.42 Å². The average molecular weight is 374 g/mol. The van der Waals surface area contributed by atoms with E-state index in [2.05, 4.69) is 11.2 Å². The van der Waals surface area contributed by atoms with Gasteiger partial charge in [0.15, 0.2) is 0 Å². The second-order valence-corrected chi connectivity index (χ2v) is 6.14. The Morgan fingerprint density at radius 1 is 1.36 bits per heavy atom. The molecule has 0 aliphatic rings. The van der Waals surface area contributed by atoms with Crippen LogP contribution in [-0.2, 0) is 4.79 Å². The number of carbonyl (C=O) groups is 1. The van der Waals surface area contributed by atoms with Crippen molar-refractivity contribution in [1.82, 2.24) is 0 Å². The van der Waals surface area contributed by atoms with Crippen LogP contribution in [0.2, 0.25) is 10.0 Å². The molecule has 128 valence electrons. The molecule has 4 N–H and O–H groups in total. The third-order valence-electron chi connectivity index (χ3n) is 3.76. The molecule has 0 saturated carbocycles. The number of anilines is 1. The van der Waals surface area contributed by atoms with Crippen molar-refractivity contribution in [3.05, 3.63) is 63.1 Å². The van der Waals surface area contributed by atoms with Crippen LogP contribution in [0.4, 0.5) is 5.69 Å². The van der Waals surface area contributed by atoms with Crippen LogP contribution in [-0.4, -0.2) is 18.7 Å². The molecule has 0 aromatic heterocycles. The van der Waals surface area contributed by atoms with Gasteiger partial charge in [0.25, 0.3) is 0 Å². The van der Waals surface area contributed by atoms with Crippen LogP contribution in [0.15, 0.2) is 36.4 Å². The molecule has 0 fully saturated rings. The molecular weight excluding hydrogens is 357 g/mol. The molecule has 2 aromatic rings. The van der Waals surface area contributed by atoms with Crippen molar-refractivity contribution in [3.63, 3.8) is 0 Å². The lowest BCUT2D eigenvalue weighted by Gasteiger charge is -2.18. The molecule has 2 rings (SSSR count). The summed E-state index contributed by atoms with van der Waals surface area (Å²) in [6, 6.07) is 10.2. The number of hydrogen-bond acceptors (Lipinski definition) is 3. The van der Waals surface area contributed by atoms with Crippen LogP contribution < -0.4 is 11.1 Å². The zero-order valence-corrected chi connectivity index (χ0v) is 14.9. The molecule has 0 heterocycles. The van der Waals surface area contributed by atoms with Crippen LogP contribution in [0.3, 0.4) is 0 Å². The van der Waals surface area contributed by atoms with Crippen LogP contribution in [0.1, 0.15) is 29.0 Å². The van der Waals surface area contributed by atoms with Crippen LogP contribution in [0, 0.1) is 17.8 Å². The molecule has 0 radical (unpaired) electrons. The zero-order valence-electron chi connectivity index (χ0n) is 13.4. The number of terminal acetylenes is 1. The maximum Gasteiger partial charge on any atom is 0.232 e. The van der Waals surface area contributed by atoms with Gasteiger partial charge in [-0.2, -0.15) is 0 Å². The monoisotopic (exact) mass is 373 g/mol. The first kappa shape index (κ1) is 19.0. The summed E-state index contributed by atoms with van der Waals surface area (Å²) in [7, 11) is 0. The molecular formula is C19H17Cl2N3O. The molecule has 0 saturated heterocycles. The summed E-state index contributed by atoms with van der Waals surface area (Å²) in [5.41, 5.74) is 7.97. The quantitative estimate of drug-likeness (QED) is 0.527. The fourth-order valence-electron chi connectivity index (χ4n) is 2.50. The highest BCUT2D eigenvalue weighted by Gasteiger charge is 2.23. The Hall–Kier alpha value is -2.32. The number of nitrogens with one attached hydrogen (secondary N) is 2. The third kappa shape index (κ3) is 4.40. The number of halogens is 2. The third-order valence-corrected chi connectivity index (χ3v) is 4.59. The van der Waals surface area contributed by atoms with Gasteiger partial charge >= 0.3 is 0 Å². The number of rotatable bonds is 6. The van der Waals surface area contributed by atoms with E-state index in [0.29, 0.717) is 45.4 Å². The Kier molecular flexibility index (Phi) is 6.60. The zero-order chi connectivity index (χ0) is 18.4. The van der Waals surface area contributed by atoms with E-state index in [-0.39, 0.29) is 5.91 Å². The number of carbonyl (C=O) groups excluding carboxylic acids is 1. The first-order valence-corrected chi connectivity index (χ1v) is 8.33. The Balaban J connectivity index is 2.31. The van der Waals surface area contributed by atoms with Crippen molar-refractivity contribution in [3.8, 4) is 12.3 Å². The average Bonchev–Trinajstić information content (AvgIpc) is 2.62.